The van der Waals surface area contributed by atoms with Crippen molar-refractivity contribution in [3.63, 3.8) is 0 Å². The number of rotatable bonds is 4. The Labute approximate surface area is 104 Å². The Morgan fingerprint density at radius 2 is 2.12 bits per heavy atom. The van der Waals surface area contributed by atoms with Crippen LogP contribution < -0.4 is 4.74 Å². The molecule has 0 spiro atoms. The van der Waals surface area contributed by atoms with Crippen LogP contribution in [0.15, 0.2) is 24.3 Å². The van der Waals surface area contributed by atoms with E-state index in [2.05, 4.69) is 13.0 Å². The molecule has 1 saturated carbocycles. The molecule has 0 bridgehead atoms. The Balaban J connectivity index is 1.99. The van der Waals surface area contributed by atoms with E-state index < -0.39 is 0 Å². The van der Waals surface area contributed by atoms with Crippen LogP contribution in [0.2, 0.25) is 0 Å². The molecule has 17 heavy (non-hydrogen) atoms. The summed E-state index contributed by atoms with van der Waals surface area (Å²) in [6, 6.07) is 8.11. The van der Waals surface area contributed by atoms with Crippen molar-refractivity contribution < 1.29 is 9.84 Å². The van der Waals surface area contributed by atoms with Gasteiger partial charge in [-0.3, -0.25) is 0 Å². The molecule has 0 unspecified atom stereocenters. The molecule has 1 aromatic carbocycles. The molecule has 1 aromatic rings. The number of hydrogen-bond donors (Lipinski definition) is 1. The summed E-state index contributed by atoms with van der Waals surface area (Å²) in [6.07, 6.45) is 6.15. The number of aliphatic hydroxyl groups is 1. The van der Waals surface area contributed by atoms with E-state index in [4.69, 9.17) is 9.84 Å². The third kappa shape index (κ3) is 3.47. The minimum Gasteiger partial charge on any atom is -0.490 e. The van der Waals surface area contributed by atoms with Gasteiger partial charge in [-0.1, -0.05) is 25.5 Å². The van der Waals surface area contributed by atoms with Crippen LogP contribution in [-0.2, 0) is 6.42 Å². The van der Waals surface area contributed by atoms with Crippen LogP contribution in [0.1, 0.15) is 38.2 Å². The highest BCUT2D eigenvalue weighted by Crippen LogP contribution is 2.28. The second-order valence-electron chi connectivity index (χ2n) is 5.04. The minimum absolute atomic E-state index is 0.198. The molecule has 1 aliphatic rings. The quantitative estimate of drug-likeness (QED) is 0.867. The summed E-state index contributed by atoms with van der Waals surface area (Å²) in [5.41, 5.74) is 1.15. The van der Waals surface area contributed by atoms with E-state index >= 15 is 0 Å². The highest BCUT2D eigenvalue weighted by molar-refractivity contribution is 5.28. The van der Waals surface area contributed by atoms with Gasteiger partial charge in [0.15, 0.2) is 0 Å². The first kappa shape index (κ1) is 12.4. The molecule has 0 radical (unpaired) electrons. The van der Waals surface area contributed by atoms with E-state index in [1.165, 1.54) is 25.7 Å². The number of ether oxygens (including phenoxy) is 1. The summed E-state index contributed by atoms with van der Waals surface area (Å²) in [4.78, 5) is 0. The molecule has 94 valence electrons. The van der Waals surface area contributed by atoms with E-state index in [1.807, 2.05) is 18.2 Å². The van der Waals surface area contributed by atoms with Gasteiger partial charge >= 0.3 is 0 Å². The third-order valence-electron chi connectivity index (χ3n) is 3.62. The molecule has 2 nitrogen and oxygen atoms in total. The zero-order chi connectivity index (χ0) is 12.1. The zero-order valence-electron chi connectivity index (χ0n) is 10.6. The Morgan fingerprint density at radius 3 is 2.88 bits per heavy atom. The van der Waals surface area contributed by atoms with Crippen molar-refractivity contribution >= 4 is 0 Å². The first-order chi connectivity index (χ1) is 8.29. The fraction of sp³-hybridized carbons (Fsp3) is 0.600. The van der Waals surface area contributed by atoms with Gasteiger partial charge in [0.05, 0.1) is 0 Å². The van der Waals surface area contributed by atoms with Crippen molar-refractivity contribution in [2.45, 2.75) is 45.1 Å². The predicted molar refractivity (Wildman–Crippen MR) is 69.3 cm³/mol. The molecule has 2 atom stereocenters. The standard InChI is InChI=1S/C15H22O2/c1-12-5-2-3-8-15(12)17-14-7-4-6-13(11-14)9-10-16/h4,6-7,11-12,15-16H,2-3,5,8-10H2,1H3/t12-,15-/m0/s1. The lowest BCUT2D eigenvalue weighted by atomic mass is 9.88. The maximum Gasteiger partial charge on any atom is 0.120 e. The number of hydrogen-bond acceptors (Lipinski definition) is 2. The topological polar surface area (TPSA) is 29.5 Å². The van der Waals surface area contributed by atoms with Crippen molar-refractivity contribution in [1.29, 1.82) is 0 Å². The van der Waals surface area contributed by atoms with E-state index in [-0.39, 0.29) is 6.61 Å². The van der Waals surface area contributed by atoms with Crippen LogP contribution >= 0.6 is 0 Å². The maximum absolute atomic E-state index is 8.93. The average molecular weight is 234 g/mol. The predicted octanol–water partition coefficient (Wildman–Crippen LogP) is 3.18. The van der Waals surface area contributed by atoms with Gasteiger partial charge in [-0.15, -0.1) is 0 Å². The second-order valence-corrected chi connectivity index (χ2v) is 5.04. The van der Waals surface area contributed by atoms with Crippen LogP contribution in [0.25, 0.3) is 0 Å². The number of aliphatic hydroxyl groups excluding tert-OH is 1. The lowest BCUT2D eigenvalue weighted by Crippen LogP contribution is -2.28. The molecule has 0 saturated heterocycles. The van der Waals surface area contributed by atoms with Crippen LogP contribution in [0, 0.1) is 5.92 Å². The van der Waals surface area contributed by atoms with Gasteiger partial charge in [0, 0.05) is 6.61 Å². The summed E-state index contributed by atoms with van der Waals surface area (Å²) in [7, 11) is 0. The Morgan fingerprint density at radius 1 is 1.29 bits per heavy atom. The van der Waals surface area contributed by atoms with Crippen LogP contribution in [0.4, 0.5) is 0 Å². The fourth-order valence-corrected chi connectivity index (χ4v) is 2.54. The number of benzene rings is 1. The molecule has 1 N–H and O–H groups in total. The van der Waals surface area contributed by atoms with E-state index in [0.717, 1.165) is 11.3 Å². The summed E-state index contributed by atoms with van der Waals surface area (Å²) >= 11 is 0. The van der Waals surface area contributed by atoms with E-state index in [9.17, 15) is 0 Å². The van der Waals surface area contributed by atoms with Gasteiger partial charge in [-0.05, 0) is 49.3 Å². The summed E-state index contributed by atoms with van der Waals surface area (Å²) in [5.74, 6) is 1.61. The fourth-order valence-electron chi connectivity index (χ4n) is 2.54. The zero-order valence-corrected chi connectivity index (χ0v) is 10.6. The molecular weight excluding hydrogens is 212 g/mol. The Hall–Kier alpha value is -1.02. The van der Waals surface area contributed by atoms with Crippen LogP contribution in [0.3, 0.4) is 0 Å². The largest absolute Gasteiger partial charge is 0.490 e. The minimum atomic E-state index is 0.198. The van der Waals surface area contributed by atoms with E-state index in [1.54, 1.807) is 0 Å². The first-order valence-electron chi connectivity index (χ1n) is 6.66. The normalized spacial score (nSPS) is 24.6. The van der Waals surface area contributed by atoms with Gasteiger partial charge < -0.3 is 9.84 Å². The van der Waals surface area contributed by atoms with Crippen molar-refractivity contribution in [1.82, 2.24) is 0 Å². The highest BCUT2D eigenvalue weighted by Gasteiger charge is 2.22. The average Bonchev–Trinajstić information content (AvgIpc) is 2.33. The van der Waals surface area contributed by atoms with Crippen molar-refractivity contribution in [3.8, 4) is 5.75 Å². The summed E-state index contributed by atoms with van der Waals surface area (Å²) in [6.45, 7) is 2.48. The molecule has 2 rings (SSSR count). The van der Waals surface area contributed by atoms with Gasteiger partial charge in [-0.2, -0.15) is 0 Å². The molecule has 2 heteroatoms. The molecule has 0 aromatic heterocycles. The summed E-state index contributed by atoms with van der Waals surface area (Å²) < 4.78 is 6.07. The second kappa shape index (κ2) is 6.06. The maximum atomic E-state index is 8.93. The van der Waals surface area contributed by atoms with Crippen molar-refractivity contribution in [2.75, 3.05) is 6.61 Å². The van der Waals surface area contributed by atoms with Crippen molar-refractivity contribution in [2.24, 2.45) is 5.92 Å². The first-order valence-corrected chi connectivity index (χ1v) is 6.66. The van der Waals surface area contributed by atoms with E-state index in [0.29, 0.717) is 18.4 Å². The van der Waals surface area contributed by atoms with Crippen LogP contribution in [0.5, 0.6) is 5.75 Å². The molecule has 0 amide bonds. The molecule has 0 heterocycles. The highest BCUT2D eigenvalue weighted by atomic mass is 16.5. The van der Waals surface area contributed by atoms with Crippen LogP contribution in [-0.4, -0.2) is 17.8 Å². The Kier molecular flexibility index (Phi) is 4.43. The monoisotopic (exact) mass is 234 g/mol. The van der Waals surface area contributed by atoms with Gasteiger partial charge in [0.2, 0.25) is 0 Å². The van der Waals surface area contributed by atoms with Gasteiger partial charge in [0.25, 0.3) is 0 Å². The molecular formula is C15H22O2. The lowest BCUT2D eigenvalue weighted by molar-refractivity contribution is 0.102. The summed E-state index contributed by atoms with van der Waals surface area (Å²) in [5, 5.41) is 8.93. The molecule has 1 fully saturated rings. The smallest absolute Gasteiger partial charge is 0.120 e. The van der Waals surface area contributed by atoms with Gasteiger partial charge in [0.1, 0.15) is 11.9 Å². The molecule has 0 aliphatic heterocycles. The van der Waals surface area contributed by atoms with Crippen molar-refractivity contribution in [3.05, 3.63) is 29.8 Å². The third-order valence-corrected chi connectivity index (χ3v) is 3.62. The Bertz CT molecular complexity index is 349. The van der Waals surface area contributed by atoms with Gasteiger partial charge in [-0.25, -0.2) is 0 Å². The molecule has 1 aliphatic carbocycles. The SMILES string of the molecule is C[C@H]1CCCC[C@@H]1Oc1cccc(CCO)c1. The lowest BCUT2D eigenvalue weighted by Gasteiger charge is -2.29.